The van der Waals surface area contributed by atoms with Crippen molar-refractivity contribution in [1.29, 1.82) is 0 Å². The van der Waals surface area contributed by atoms with Crippen molar-refractivity contribution in [3.05, 3.63) is 131 Å². The molecule has 0 fully saturated rings. The highest BCUT2D eigenvalue weighted by Gasteiger charge is 2.38. The van der Waals surface area contributed by atoms with Gasteiger partial charge in [0, 0.05) is 23.4 Å². The fourth-order valence-electron chi connectivity index (χ4n) is 4.55. The molecule has 0 aliphatic heterocycles. The molecule has 1 atom stereocenters. The highest BCUT2D eigenvalue weighted by atomic mass is 32.2. The Labute approximate surface area is 222 Å². The van der Waals surface area contributed by atoms with E-state index in [0.717, 1.165) is 22.3 Å². The Kier molecular flexibility index (Phi) is 8.88. The number of nitrogens with one attached hydrogen (secondary N) is 1. The minimum Gasteiger partial charge on any atom is -0.497 e. The van der Waals surface area contributed by atoms with Crippen LogP contribution >= 0.6 is 11.8 Å². The summed E-state index contributed by atoms with van der Waals surface area (Å²) < 4.78 is 10.5. The first-order valence-electron chi connectivity index (χ1n) is 12.1. The monoisotopic (exact) mass is 513 g/mol. The zero-order valence-electron chi connectivity index (χ0n) is 21.0. The molecule has 0 bridgehead atoms. The third-order valence-electron chi connectivity index (χ3n) is 6.32. The number of methoxy groups -OCH3 is 2. The van der Waals surface area contributed by atoms with Gasteiger partial charge < -0.3 is 14.6 Å². The summed E-state index contributed by atoms with van der Waals surface area (Å²) in [6.07, 6.45) is 0. The number of rotatable bonds is 12. The second-order valence-corrected chi connectivity index (χ2v) is 9.76. The van der Waals surface area contributed by atoms with Crippen molar-refractivity contribution in [3.63, 3.8) is 0 Å². The molecule has 5 nitrogen and oxygen atoms in total. The molecule has 6 heteroatoms. The first kappa shape index (κ1) is 26.3. The molecule has 0 spiro atoms. The highest BCUT2D eigenvalue weighted by molar-refractivity contribution is 8.00. The summed E-state index contributed by atoms with van der Waals surface area (Å²) in [5.41, 5.74) is 4.32. The third kappa shape index (κ3) is 5.98. The summed E-state index contributed by atoms with van der Waals surface area (Å²) in [6, 6.07) is 36.7. The van der Waals surface area contributed by atoms with Gasteiger partial charge in [0.1, 0.15) is 11.5 Å². The predicted molar refractivity (Wildman–Crippen MR) is 150 cm³/mol. The van der Waals surface area contributed by atoms with Gasteiger partial charge in [0.2, 0.25) is 0 Å². The molecule has 4 rings (SSSR count). The molecule has 4 aromatic carbocycles. The third-order valence-corrected chi connectivity index (χ3v) is 7.96. The summed E-state index contributed by atoms with van der Waals surface area (Å²) in [5, 5.41) is 12.7. The molecule has 0 radical (unpaired) electrons. The lowest BCUT2D eigenvalue weighted by Gasteiger charge is -2.37. The van der Waals surface area contributed by atoms with Crippen molar-refractivity contribution < 1.29 is 19.4 Å². The van der Waals surface area contributed by atoms with Gasteiger partial charge in [0.05, 0.1) is 25.5 Å². The highest BCUT2D eigenvalue weighted by Crippen LogP contribution is 2.49. The first-order valence-corrected chi connectivity index (χ1v) is 13.0. The van der Waals surface area contributed by atoms with Crippen LogP contribution in [0.2, 0.25) is 0 Å². The number of carboxylic acid groups (broad SMARTS) is 1. The Morgan fingerprint density at radius 1 is 0.811 bits per heavy atom. The Hall–Kier alpha value is -3.74. The molecule has 37 heavy (non-hydrogen) atoms. The molecule has 0 heterocycles. The predicted octanol–water partition coefficient (Wildman–Crippen LogP) is 6.14. The van der Waals surface area contributed by atoms with Crippen LogP contribution in [0.25, 0.3) is 0 Å². The number of hydrogen-bond donors (Lipinski definition) is 2. The summed E-state index contributed by atoms with van der Waals surface area (Å²) in [7, 11) is 3.22. The van der Waals surface area contributed by atoms with E-state index in [-0.39, 0.29) is 12.6 Å². The van der Waals surface area contributed by atoms with Gasteiger partial charge in [-0.25, -0.2) is 0 Å². The zero-order valence-corrected chi connectivity index (χ0v) is 21.8. The molecule has 0 amide bonds. The van der Waals surface area contributed by atoms with Crippen LogP contribution in [-0.4, -0.2) is 37.6 Å². The number of thioether (sulfide) groups is 1. The van der Waals surface area contributed by atoms with Crippen LogP contribution < -0.4 is 14.8 Å². The van der Waals surface area contributed by atoms with Gasteiger partial charge >= 0.3 is 5.97 Å². The fourth-order valence-corrected chi connectivity index (χ4v) is 6.17. The van der Waals surface area contributed by atoms with E-state index in [1.165, 1.54) is 0 Å². The average molecular weight is 514 g/mol. The summed E-state index contributed by atoms with van der Waals surface area (Å²) >= 11 is 1.77. The van der Waals surface area contributed by atoms with Crippen molar-refractivity contribution in [2.24, 2.45) is 0 Å². The number of aliphatic carboxylic acids is 1. The number of benzene rings is 4. The first-order chi connectivity index (χ1) is 18.1. The van der Waals surface area contributed by atoms with Crippen LogP contribution in [0.15, 0.2) is 109 Å². The second kappa shape index (κ2) is 12.5. The summed E-state index contributed by atoms with van der Waals surface area (Å²) in [5.74, 6) is 0.988. The Balaban J connectivity index is 1.82. The van der Waals surface area contributed by atoms with Gasteiger partial charge in [-0.2, -0.15) is 0 Å². The molecule has 0 saturated heterocycles. The van der Waals surface area contributed by atoms with Gasteiger partial charge in [-0.3, -0.25) is 10.1 Å². The van der Waals surface area contributed by atoms with Crippen molar-refractivity contribution in [2.45, 2.75) is 10.8 Å². The Morgan fingerprint density at radius 3 is 1.76 bits per heavy atom. The fraction of sp³-hybridized carbons (Fsp3) is 0.194. The maximum atomic E-state index is 11.5. The van der Waals surface area contributed by atoms with Gasteiger partial charge in [-0.1, -0.05) is 97.1 Å². The molecule has 2 N–H and O–H groups in total. The lowest BCUT2D eigenvalue weighted by Crippen LogP contribution is -2.32. The number of ether oxygens (including phenoxy) is 2. The topological polar surface area (TPSA) is 67.8 Å². The quantitative estimate of drug-likeness (QED) is 0.222. The maximum Gasteiger partial charge on any atom is 0.317 e. The van der Waals surface area contributed by atoms with Crippen LogP contribution in [0.3, 0.4) is 0 Å². The van der Waals surface area contributed by atoms with Gasteiger partial charge in [-0.15, -0.1) is 11.8 Å². The lowest BCUT2D eigenvalue weighted by molar-refractivity contribution is -0.136. The van der Waals surface area contributed by atoms with E-state index in [9.17, 15) is 9.90 Å². The standard InChI is InChI=1S/C31H31NO4S/c1-35-26-18-19-27(29(20-26)36-2)28(32-21-30(33)34)22-37-31(23-12-6-3-7-13-23,24-14-8-4-9-15-24)25-16-10-5-11-17-25/h3-20,28,32H,21-22H2,1-2H3,(H,33,34). The molecule has 0 saturated carbocycles. The van der Waals surface area contributed by atoms with Crippen molar-refractivity contribution in [2.75, 3.05) is 26.5 Å². The van der Waals surface area contributed by atoms with Crippen LogP contribution in [0.5, 0.6) is 11.5 Å². The normalized spacial score (nSPS) is 12.1. The van der Waals surface area contributed by atoms with Gasteiger partial charge in [0.15, 0.2) is 0 Å². The van der Waals surface area contributed by atoms with E-state index < -0.39 is 10.7 Å². The molecule has 190 valence electrons. The zero-order chi connectivity index (χ0) is 26.1. The van der Waals surface area contributed by atoms with Gasteiger partial charge in [-0.05, 0) is 22.8 Å². The van der Waals surface area contributed by atoms with E-state index in [2.05, 4.69) is 78.1 Å². The Morgan fingerprint density at radius 2 is 1.32 bits per heavy atom. The van der Waals surface area contributed by atoms with E-state index in [0.29, 0.717) is 17.3 Å². The van der Waals surface area contributed by atoms with E-state index in [1.807, 2.05) is 36.4 Å². The average Bonchev–Trinajstić information content (AvgIpc) is 2.96. The van der Waals surface area contributed by atoms with E-state index in [4.69, 9.17) is 9.47 Å². The van der Waals surface area contributed by atoms with Crippen molar-refractivity contribution in [1.82, 2.24) is 5.32 Å². The van der Waals surface area contributed by atoms with E-state index in [1.54, 1.807) is 26.0 Å². The number of carbonyl (C=O) groups is 1. The SMILES string of the molecule is COc1ccc(C(CSC(c2ccccc2)(c2ccccc2)c2ccccc2)NCC(=O)O)c(OC)c1. The van der Waals surface area contributed by atoms with Crippen LogP contribution in [0.4, 0.5) is 0 Å². The van der Waals surface area contributed by atoms with Crippen molar-refractivity contribution >= 4 is 17.7 Å². The largest absolute Gasteiger partial charge is 0.497 e. The molecule has 0 aliphatic carbocycles. The molecular formula is C31H31NO4S. The van der Waals surface area contributed by atoms with Crippen LogP contribution in [0.1, 0.15) is 28.3 Å². The van der Waals surface area contributed by atoms with Crippen molar-refractivity contribution in [3.8, 4) is 11.5 Å². The molecular weight excluding hydrogens is 482 g/mol. The smallest absolute Gasteiger partial charge is 0.317 e. The van der Waals surface area contributed by atoms with Crippen LogP contribution in [0, 0.1) is 0 Å². The molecule has 4 aromatic rings. The molecule has 0 aromatic heterocycles. The number of hydrogen-bond acceptors (Lipinski definition) is 5. The summed E-state index contributed by atoms with van der Waals surface area (Å²) in [6.45, 7) is -0.171. The van der Waals surface area contributed by atoms with Gasteiger partial charge in [0.25, 0.3) is 0 Å². The maximum absolute atomic E-state index is 11.5. The molecule has 1 unspecified atom stereocenters. The summed E-state index contributed by atoms with van der Waals surface area (Å²) in [4.78, 5) is 11.5. The Bertz CT molecular complexity index is 1190. The molecule has 0 aliphatic rings. The minimum absolute atomic E-state index is 0.171. The van der Waals surface area contributed by atoms with E-state index >= 15 is 0 Å². The minimum atomic E-state index is -0.914. The number of carboxylic acids is 1. The second-order valence-electron chi connectivity index (χ2n) is 8.53. The van der Waals surface area contributed by atoms with Crippen LogP contribution in [-0.2, 0) is 9.54 Å². The lowest BCUT2D eigenvalue weighted by atomic mass is 9.84.